The van der Waals surface area contributed by atoms with Crippen molar-refractivity contribution < 1.29 is 14.7 Å². The Hall–Kier alpha value is -1.36. The molecule has 0 bridgehead atoms. The van der Waals surface area contributed by atoms with Gasteiger partial charge >= 0.3 is 0 Å². The quantitative estimate of drug-likeness (QED) is 0.396. The number of nitrogens with one attached hydrogen (secondary N) is 2. The number of hydrogen-bond acceptors (Lipinski definition) is 3. The average molecular weight is 284 g/mol. The van der Waals surface area contributed by atoms with Crippen molar-refractivity contribution in [1.29, 1.82) is 0 Å². The van der Waals surface area contributed by atoms with Crippen LogP contribution in [0.15, 0.2) is 12.7 Å². The van der Waals surface area contributed by atoms with Gasteiger partial charge in [0, 0.05) is 32.5 Å². The number of amides is 2. The van der Waals surface area contributed by atoms with Crippen molar-refractivity contribution in [1.82, 2.24) is 10.6 Å². The fraction of sp³-hybridized carbons (Fsp3) is 0.733. The lowest BCUT2D eigenvalue weighted by atomic mass is 9.90. The zero-order valence-corrected chi connectivity index (χ0v) is 12.7. The summed E-state index contributed by atoms with van der Waals surface area (Å²) >= 11 is 0. The summed E-state index contributed by atoms with van der Waals surface area (Å²) in [6.07, 6.45) is 5.41. The molecule has 0 saturated carbocycles. The normalized spacial score (nSPS) is 10.9. The molecule has 0 aliphatic carbocycles. The molecule has 0 atom stereocenters. The smallest absolute Gasteiger partial charge is 0.220 e. The molecule has 3 N–H and O–H groups in total. The molecule has 0 unspecified atom stereocenters. The predicted octanol–water partition coefficient (Wildman–Crippen LogP) is 1.37. The van der Waals surface area contributed by atoms with Crippen LogP contribution in [0.4, 0.5) is 0 Å². The first-order valence-corrected chi connectivity index (χ1v) is 7.16. The summed E-state index contributed by atoms with van der Waals surface area (Å²) in [6, 6.07) is 0. The predicted molar refractivity (Wildman–Crippen MR) is 80.2 cm³/mol. The van der Waals surface area contributed by atoms with Gasteiger partial charge in [-0.25, -0.2) is 0 Å². The zero-order valence-electron chi connectivity index (χ0n) is 12.7. The molecule has 0 aliphatic heterocycles. The minimum absolute atomic E-state index is 0.0130. The lowest BCUT2D eigenvalue weighted by Gasteiger charge is -2.20. The first kappa shape index (κ1) is 18.6. The lowest BCUT2D eigenvalue weighted by Crippen LogP contribution is -2.36. The van der Waals surface area contributed by atoms with Crippen molar-refractivity contribution in [2.75, 3.05) is 19.7 Å². The molecule has 2 amide bonds. The Morgan fingerprint density at radius 1 is 1.15 bits per heavy atom. The molecule has 20 heavy (non-hydrogen) atoms. The van der Waals surface area contributed by atoms with Gasteiger partial charge in [-0.2, -0.15) is 0 Å². The van der Waals surface area contributed by atoms with Crippen molar-refractivity contribution in [2.45, 2.75) is 46.0 Å². The number of carbonyl (C=O) groups is 2. The highest BCUT2D eigenvalue weighted by molar-refractivity contribution is 5.77. The van der Waals surface area contributed by atoms with Gasteiger partial charge in [-0.1, -0.05) is 19.9 Å². The van der Waals surface area contributed by atoms with Gasteiger partial charge in [-0.3, -0.25) is 9.59 Å². The van der Waals surface area contributed by atoms with Gasteiger partial charge in [0.15, 0.2) is 0 Å². The Morgan fingerprint density at radius 3 is 2.30 bits per heavy atom. The third kappa shape index (κ3) is 10.6. The molecule has 0 spiro atoms. The Kier molecular flexibility index (Phi) is 9.72. The molecule has 0 aliphatic rings. The van der Waals surface area contributed by atoms with E-state index in [4.69, 9.17) is 5.11 Å². The van der Waals surface area contributed by atoms with E-state index in [-0.39, 0.29) is 24.8 Å². The summed E-state index contributed by atoms with van der Waals surface area (Å²) in [6.45, 7) is 8.12. The molecule has 0 radical (unpaired) electrons. The Bertz CT molecular complexity index is 314. The van der Waals surface area contributed by atoms with Crippen LogP contribution in [0, 0.1) is 5.41 Å². The van der Waals surface area contributed by atoms with Crippen LogP contribution in [-0.2, 0) is 9.59 Å². The molecular formula is C15H28N2O3. The summed E-state index contributed by atoms with van der Waals surface area (Å²) < 4.78 is 0. The SMILES string of the molecule is C=CCCCCC(=O)NCCNC(=O)CC(C)(C)CO. The van der Waals surface area contributed by atoms with Gasteiger partial charge in [0.1, 0.15) is 0 Å². The Morgan fingerprint density at radius 2 is 1.75 bits per heavy atom. The molecule has 0 aromatic heterocycles. The molecule has 5 heteroatoms. The number of unbranched alkanes of at least 4 members (excludes halogenated alkanes) is 2. The maximum Gasteiger partial charge on any atom is 0.220 e. The molecule has 0 rings (SSSR count). The van der Waals surface area contributed by atoms with E-state index < -0.39 is 5.41 Å². The second-order valence-electron chi connectivity index (χ2n) is 5.73. The van der Waals surface area contributed by atoms with Gasteiger partial charge < -0.3 is 15.7 Å². The van der Waals surface area contributed by atoms with Crippen LogP contribution in [-0.4, -0.2) is 36.6 Å². The second-order valence-corrected chi connectivity index (χ2v) is 5.73. The van der Waals surface area contributed by atoms with E-state index in [0.717, 1.165) is 19.3 Å². The highest BCUT2D eigenvalue weighted by atomic mass is 16.3. The van der Waals surface area contributed by atoms with Crippen LogP contribution >= 0.6 is 0 Å². The summed E-state index contributed by atoms with van der Waals surface area (Å²) in [7, 11) is 0. The van der Waals surface area contributed by atoms with Crippen LogP contribution in [0.2, 0.25) is 0 Å². The molecular weight excluding hydrogens is 256 g/mol. The molecule has 0 aromatic carbocycles. The molecule has 116 valence electrons. The number of hydrogen-bond donors (Lipinski definition) is 3. The molecule has 0 fully saturated rings. The summed E-state index contributed by atoms with van der Waals surface area (Å²) in [4.78, 5) is 23.0. The van der Waals surface area contributed by atoms with Crippen molar-refractivity contribution in [2.24, 2.45) is 5.41 Å². The minimum atomic E-state index is -0.404. The number of rotatable bonds is 11. The average Bonchev–Trinajstić information content (AvgIpc) is 2.39. The van der Waals surface area contributed by atoms with Crippen LogP contribution in [0.25, 0.3) is 0 Å². The summed E-state index contributed by atoms with van der Waals surface area (Å²) in [5.41, 5.74) is -0.404. The lowest BCUT2D eigenvalue weighted by molar-refractivity contribution is -0.124. The van der Waals surface area contributed by atoms with Gasteiger partial charge in [-0.15, -0.1) is 6.58 Å². The largest absolute Gasteiger partial charge is 0.396 e. The highest BCUT2D eigenvalue weighted by Crippen LogP contribution is 2.18. The van der Waals surface area contributed by atoms with Gasteiger partial charge in [0.05, 0.1) is 0 Å². The van der Waals surface area contributed by atoms with Gasteiger partial charge in [0.2, 0.25) is 11.8 Å². The molecule has 0 saturated heterocycles. The van der Waals surface area contributed by atoms with Crippen LogP contribution < -0.4 is 10.6 Å². The first-order chi connectivity index (χ1) is 9.41. The van der Waals surface area contributed by atoms with E-state index in [9.17, 15) is 9.59 Å². The summed E-state index contributed by atoms with van der Waals surface area (Å²) in [5, 5.41) is 14.6. The number of carbonyl (C=O) groups excluding carboxylic acids is 2. The standard InChI is InChI=1S/C15H28N2O3/c1-4-5-6-7-8-13(19)16-9-10-17-14(20)11-15(2,3)12-18/h4,18H,1,5-12H2,2-3H3,(H,16,19)(H,17,20). The number of aliphatic hydroxyl groups excluding tert-OH is 1. The monoisotopic (exact) mass is 284 g/mol. The fourth-order valence-corrected chi connectivity index (χ4v) is 1.62. The van der Waals surface area contributed by atoms with E-state index >= 15 is 0 Å². The second kappa shape index (κ2) is 10.4. The zero-order chi connectivity index (χ0) is 15.4. The molecule has 0 aromatic rings. The van der Waals surface area contributed by atoms with Crippen LogP contribution in [0.3, 0.4) is 0 Å². The van der Waals surface area contributed by atoms with E-state index in [1.165, 1.54) is 0 Å². The van der Waals surface area contributed by atoms with Gasteiger partial charge in [0.25, 0.3) is 0 Å². The van der Waals surface area contributed by atoms with Crippen molar-refractivity contribution in [3.8, 4) is 0 Å². The van der Waals surface area contributed by atoms with Crippen LogP contribution in [0.1, 0.15) is 46.0 Å². The molecule has 0 heterocycles. The highest BCUT2D eigenvalue weighted by Gasteiger charge is 2.20. The van der Waals surface area contributed by atoms with E-state index in [2.05, 4.69) is 17.2 Å². The Labute approximate surface area is 121 Å². The third-order valence-electron chi connectivity index (χ3n) is 2.90. The Balaban J connectivity index is 3.58. The first-order valence-electron chi connectivity index (χ1n) is 7.16. The maximum atomic E-state index is 11.6. The topological polar surface area (TPSA) is 78.4 Å². The fourth-order valence-electron chi connectivity index (χ4n) is 1.62. The van der Waals surface area contributed by atoms with E-state index in [1.807, 2.05) is 19.9 Å². The number of aliphatic hydroxyl groups is 1. The van der Waals surface area contributed by atoms with Crippen LogP contribution in [0.5, 0.6) is 0 Å². The number of allylic oxidation sites excluding steroid dienone is 1. The van der Waals surface area contributed by atoms with Crippen molar-refractivity contribution in [3.05, 3.63) is 12.7 Å². The third-order valence-corrected chi connectivity index (χ3v) is 2.90. The van der Waals surface area contributed by atoms with E-state index in [0.29, 0.717) is 19.5 Å². The van der Waals surface area contributed by atoms with E-state index in [1.54, 1.807) is 0 Å². The maximum absolute atomic E-state index is 11.6. The molecule has 5 nitrogen and oxygen atoms in total. The van der Waals surface area contributed by atoms with Crippen molar-refractivity contribution in [3.63, 3.8) is 0 Å². The van der Waals surface area contributed by atoms with Gasteiger partial charge in [-0.05, 0) is 24.7 Å². The minimum Gasteiger partial charge on any atom is -0.396 e. The van der Waals surface area contributed by atoms with Crippen molar-refractivity contribution >= 4 is 11.8 Å². The summed E-state index contributed by atoms with van der Waals surface area (Å²) in [5.74, 6) is -0.0942.